The molecule has 0 radical (unpaired) electrons. The summed E-state index contributed by atoms with van der Waals surface area (Å²) in [7, 11) is 0. The second kappa shape index (κ2) is 5.72. The molecule has 0 bridgehead atoms. The molecule has 0 amide bonds. The van der Waals surface area contributed by atoms with E-state index in [-0.39, 0.29) is 0 Å². The minimum absolute atomic E-state index is 0.659. The predicted molar refractivity (Wildman–Crippen MR) is 91.7 cm³/mol. The van der Waals surface area contributed by atoms with Crippen molar-refractivity contribution in [2.75, 3.05) is 0 Å². The third-order valence-corrected chi connectivity index (χ3v) is 6.56. The molecule has 1 heterocycles. The molecule has 1 atom stereocenters. The summed E-state index contributed by atoms with van der Waals surface area (Å²) in [5.74, 6) is 0. The number of nitrogens with zero attached hydrogens (tertiary/aromatic N) is 1. The molecule has 102 valence electrons. The van der Waals surface area contributed by atoms with E-state index in [0.29, 0.717) is 6.42 Å². The van der Waals surface area contributed by atoms with Gasteiger partial charge in [0.05, 0.1) is 15.9 Å². The van der Waals surface area contributed by atoms with Crippen molar-refractivity contribution in [3.8, 4) is 0 Å². The van der Waals surface area contributed by atoms with Crippen molar-refractivity contribution in [3.05, 3.63) is 60.9 Å². The van der Waals surface area contributed by atoms with Gasteiger partial charge in [0.25, 0.3) is 0 Å². The number of aliphatic hydroxyl groups excluding tert-OH is 1. The van der Waals surface area contributed by atoms with Crippen LogP contribution in [0, 0.1) is 0 Å². The Labute approximate surface area is 142 Å². The number of halogens is 3. The van der Waals surface area contributed by atoms with Crippen LogP contribution in [0.1, 0.15) is 17.2 Å². The second-order valence-corrected chi connectivity index (χ2v) is 7.03. The minimum atomic E-state index is -0.659. The van der Waals surface area contributed by atoms with Crippen LogP contribution in [0.2, 0.25) is 0 Å². The molecule has 0 fully saturated rings. The molecule has 1 aliphatic rings. The van der Waals surface area contributed by atoms with Crippen LogP contribution < -0.4 is 0 Å². The van der Waals surface area contributed by atoms with E-state index in [1.165, 1.54) is 0 Å². The molecule has 1 N–H and O–H groups in total. The van der Waals surface area contributed by atoms with Gasteiger partial charge in [-0.25, -0.2) is 0 Å². The number of fused-ring (bicyclic) bond motifs is 1. The molecule has 2 nitrogen and oxygen atoms in total. The fraction of sp³-hybridized carbons (Fsp3) is 0.133. The van der Waals surface area contributed by atoms with Gasteiger partial charge in [0.1, 0.15) is 6.10 Å². The molecule has 0 saturated heterocycles. The first kappa shape index (κ1) is 14.4. The molecule has 2 aromatic rings. The molecule has 20 heavy (non-hydrogen) atoms. The van der Waals surface area contributed by atoms with Crippen molar-refractivity contribution in [2.24, 2.45) is 4.99 Å². The van der Waals surface area contributed by atoms with Crippen LogP contribution in [0.15, 0.2) is 54.8 Å². The van der Waals surface area contributed by atoms with E-state index in [9.17, 15) is 5.11 Å². The van der Waals surface area contributed by atoms with Gasteiger partial charge in [0, 0.05) is 15.4 Å². The number of hydrogen-bond acceptors (Lipinski definition) is 2. The molecular weight excluding hydrogens is 450 g/mol. The van der Waals surface area contributed by atoms with Gasteiger partial charge >= 0.3 is 0 Å². The Kier molecular flexibility index (Phi) is 4.13. The summed E-state index contributed by atoms with van der Waals surface area (Å²) in [5, 5.41) is 10.5. The van der Waals surface area contributed by atoms with E-state index < -0.39 is 6.10 Å². The maximum Gasteiger partial charge on any atom is 0.117 e. The van der Waals surface area contributed by atoms with Gasteiger partial charge in [-0.1, -0.05) is 30.3 Å². The Bertz CT molecular complexity index is 698. The summed E-state index contributed by atoms with van der Waals surface area (Å²) < 4.78 is 2.83. The third kappa shape index (κ3) is 2.52. The Hall–Kier alpha value is -0.490. The Morgan fingerprint density at radius 2 is 1.75 bits per heavy atom. The van der Waals surface area contributed by atoms with Crippen LogP contribution in [-0.2, 0) is 6.42 Å². The lowest BCUT2D eigenvalue weighted by atomic mass is 10.0. The molecule has 0 spiro atoms. The summed E-state index contributed by atoms with van der Waals surface area (Å²) in [5.41, 5.74) is 3.65. The van der Waals surface area contributed by atoms with Crippen LogP contribution in [0.25, 0.3) is 0 Å². The number of aliphatic hydroxyl groups is 1. The standard InChI is InChI=1S/C15H10Br3NO/c16-10-6-9-7-11(19-14(9)13(18)12(10)17)15(20)8-4-2-1-3-5-8/h1-6,15,20H,7H2. The first-order valence-corrected chi connectivity index (χ1v) is 8.42. The zero-order valence-electron chi connectivity index (χ0n) is 10.3. The van der Waals surface area contributed by atoms with Crippen molar-refractivity contribution in [1.29, 1.82) is 0 Å². The van der Waals surface area contributed by atoms with E-state index in [4.69, 9.17) is 0 Å². The first-order chi connectivity index (χ1) is 9.58. The highest BCUT2D eigenvalue weighted by Crippen LogP contribution is 2.44. The van der Waals surface area contributed by atoms with Gasteiger partial charge in [-0.3, -0.25) is 4.99 Å². The van der Waals surface area contributed by atoms with E-state index in [2.05, 4.69) is 52.8 Å². The molecule has 2 aromatic carbocycles. The SMILES string of the molecule is OC(C1=Nc2c(cc(Br)c(Br)c2Br)C1)c1ccccc1. The van der Waals surface area contributed by atoms with Crippen molar-refractivity contribution in [3.63, 3.8) is 0 Å². The van der Waals surface area contributed by atoms with Gasteiger partial charge < -0.3 is 5.11 Å². The van der Waals surface area contributed by atoms with Gasteiger partial charge in [-0.15, -0.1) is 0 Å². The van der Waals surface area contributed by atoms with Gasteiger partial charge in [-0.05, 0) is 65.0 Å². The number of rotatable bonds is 2. The van der Waals surface area contributed by atoms with Gasteiger partial charge in [0.15, 0.2) is 0 Å². The fourth-order valence-electron chi connectivity index (χ4n) is 2.25. The zero-order valence-corrected chi connectivity index (χ0v) is 15.0. The molecule has 1 unspecified atom stereocenters. The molecule has 1 aliphatic heterocycles. The summed E-state index contributed by atoms with van der Waals surface area (Å²) >= 11 is 10.6. The highest BCUT2D eigenvalue weighted by Gasteiger charge is 2.25. The lowest BCUT2D eigenvalue weighted by molar-refractivity contribution is 0.246. The van der Waals surface area contributed by atoms with E-state index in [0.717, 1.165) is 35.9 Å². The number of aliphatic imine (C=N–C) groups is 1. The lowest BCUT2D eigenvalue weighted by Crippen LogP contribution is -2.11. The number of benzene rings is 2. The average Bonchev–Trinajstić information content (AvgIpc) is 2.89. The maximum atomic E-state index is 10.5. The quantitative estimate of drug-likeness (QED) is 0.604. The molecular formula is C15H10Br3NO. The van der Waals surface area contributed by atoms with Crippen LogP contribution in [0.4, 0.5) is 5.69 Å². The Morgan fingerprint density at radius 3 is 2.45 bits per heavy atom. The maximum absolute atomic E-state index is 10.5. The third-order valence-electron chi connectivity index (χ3n) is 3.27. The smallest absolute Gasteiger partial charge is 0.117 e. The highest BCUT2D eigenvalue weighted by atomic mass is 79.9. The van der Waals surface area contributed by atoms with Crippen LogP contribution in [0.5, 0.6) is 0 Å². The lowest BCUT2D eigenvalue weighted by Gasteiger charge is -2.10. The topological polar surface area (TPSA) is 32.6 Å². The summed E-state index contributed by atoms with van der Waals surface area (Å²) in [6.45, 7) is 0. The van der Waals surface area contributed by atoms with Crippen LogP contribution in [-0.4, -0.2) is 10.8 Å². The molecule has 0 aliphatic carbocycles. The zero-order chi connectivity index (χ0) is 14.3. The summed E-state index contributed by atoms with van der Waals surface area (Å²) in [4.78, 5) is 4.60. The second-order valence-electron chi connectivity index (χ2n) is 4.59. The van der Waals surface area contributed by atoms with Crippen molar-refractivity contribution in [1.82, 2.24) is 0 Å². The fourth-order valence-corrected chi connectivity index (χ4v) is 3.85. The average molecular weight is 460 g/mol. The first-order valence-electron chi connectivity index (χ1n) is 6.04. The van der Waals surface area contributed by atoms with Gasteiger partial charge in [-0.2, -0.15) is 0 Å². The summed E-state index contributed by atoms with van der Waals surface area (Å²) in [6, 6.07) is 11.6. The normalized spacial score (nSPS) is 14.9. The van der Waals surface area contributed by atoms with E-state index in [1.54, 1.807) is 0 Å². The highest BCUT2D eigenvalue weighted by molar-refractivity contribution is 9.14. The predicted octanol–water partition coefficient (Wildman–Crippen LogP) is 5.34. The van der Waals surface area contributed by atoms with E-state index >= 15 is 0 Å². The van der Waals surface area contributed by atoms with Crippen molar-refractivity contribution in [2.45, 2.75) is 12.5 Å². The Balaban J connectivity index is 1.98. The molecule has 0 saturated carbocycles. The molecule has 3 rings (SSSR count). The minimum Gasteiger partial charge on any atom is -0.382 e. The molecule has 0 aromatic heterocycles. The van der Waals surface area contributed by atoms with Crippen molar-refractivity contribution < 1.29 is 5.11 Å². The number of hydrogen-bond donors (Lipinski definition) is 1. The Morgan fingerprint density at radius 1 is 1.05 bits per heavy atom. The monoisotopic (exact) mass is 457 g/mol. The van der Waals surface area contributed by atoms with E-state index in [1.807, 2.05) is 36.4 Å². The largest absolute Gasteiger partial charge is 0.382 e. The van der Waals surface area contributed by atoms with Crippen LogP contribution in [0.3, 0.4) is 0 Å². The van der Waals surface area contributed by atoms with Gasteiger partial charge in [0.2, 0.25) is 0 Å². The van der Waals surface area contributed by atoms with Crippen molar-refractivity contribution >= 4 is 59.2 Å². The van der Waals surface area contributed by atoms with Crippen LogP contribution >= 0.6 is 47.8 Å². The summed E-state index contributed by atoms with van der Waals surface area (Å²) in [6.07, 6.45) is 0.00336. The molecule has 5 heteroatoms.